The van der Waals surface area contributed by atoms with Crippen molar-refractivity contribution in [1.29, 1.82) is 0 Å². The summed E-state index contributed by atoms with van der Waals surface area (Å²) < 4.78 is 4.31. The Labute approximate surface area is 81.9 Å². The van der Waals surface area contributed by atoms with Gasteiger partial charge in [0.1, 0.15) is 0 Å². The van der Waals surface area contributed by atoms with E-state index in [0.29, 0.717) is 6.42 Å². The zero-order valence-electron chi connectivity index (χ0n) is 5.79. The molecule has 5 heteroatoms. The third-order valence-electron chi connectivity index (χ3n) is 0.906. The van der Waals surface area contributed by atoms with Crippen molar-refractivity contribution < 1.29 is 19.4 Å². The van der Waals surface area contributed by atoms with Crippen LogP contribution in [0.4, 0.5) is 0 Å². The molecular weight excluding hydrogens is 255 g/mol. The number of hydrogen-bond acceptors (Lipinski definition) is 3. The van der Waals surface area contributed by atoms with E-state index < -0.39 is 11.9 Å². The van der Waals surface area contributed by atoms with Crippen LogP contribution >= 0.6 is 0 Å². The van der Waals surface area contributed by atoms with Crippen LogP contribution in [0, 0.1) is 0 Å². The van der Waals surface area contributed by atoms with Crippen LogP contribution in [-0.2, 0) is 14.3 Å². The number of carbonyl (C=O) groups excluding carboxylic acids is 1. The average molecular weight is 269 g/mol. The first-order valence-electron chi connectivity index (χ1n) is 3.08. The molecule has 0 aliphatic carbocycles. The quantitative estimate of drug-likeness (QED) is 0.308. The van der Waals surface area contributed by atoms with Gasteiger partial charge < -0.3 is 9.84 Å². The summed E-state index contributed by atoms with van der Waals surface area (Å²) in [7, 11) is 0. The molecule has 0 heterocycles. The molecule has 0 aromatic carbocycles. The van der Waals surface area contributed by atoms with Crippen LogP contribution in [0.2, 0.25) is 0 Å². The van der Waals surface area contributed by atoms with Crippen molar-refractivity contribution in [3.8, 4) is 0 Å². The van der Waals surface area contributed by atoms with Crippen LogP contribution < -0.4 is 0 Å². The minimum atomic E-state index is -1.53. The number of unbranched alkanes of at least 4 members (excludes halogenated alkanes) is 1. The van der Waals surface area contributed by atoms with Gasteiger partial charge in [0.15, 0.2) is 0 Å². The van der Waals surface area contributed by atoms with Gasteiger partial charge in [-0.05, 0) is 6.42 Å². The van der Waals surface area contributed by atoms with E-state index in [-0.39, 0.29) is 30.5 Å². The van der Waals surface area contributed by atoms with Gasteiger partial charge in [-0.15, -0.1) is 0 Å². The number of hydrogen-bond donors (Lipinski definition) is 1. The van der Waals surface area contributed by atoms with Gasteiger partial charge >= 0.3 is 35.8 Å². The normalized spacial score (nSPS) is 8.09. The Balaban J connectivity index is 0. The number of carbonyl (C=O) groups is 2. The number of carboxylic acids is 1. The van der Waals surface area contributed by atoms with Crippen molar-refractivity contribution in [3.63, 3.8) is 0 Å². The molecule has 0 fully saturated rings. The molecule has 0 saturated carbocycles. The number of ether oxygens (including phenoxy) is 1. The molecule has 0 amide bonds. The maximum atomic E-state index is 10.2. The van der Waals surface area contributed by atoms with E-state index >= 15 is 0 Å². The molecule has 0 aromatic heterocycles. The molecule has 0 radical (unpaired) electrons. The van der Waals surface area contributed by atoms with E-state index in [2.05, 4.69) is 4.74 Å². The summed E-state index contributed by atoms with van der Waals surface area (Å²) in [5.41, 5.74) is 0. The molecular formula is C6H14O4Sn. The summed E-state index contributed by atoms with van der Waals surface area (Å²) in [5.74, 6) is -2.70. The number of esters is 1. The molecule has 0 atom stereocenters. The second-order valence-electron chi connectivity index (χ2n) is 1.79. The van der Waals surface area contributed by atoms with Crippen molar-refractivity contribution in [2.45, 2.75) is 19.8 Å². The average Bonchev–Trinajstić information content (AvgIpc) is 1.88. The standard InChI is InChI=1S/C6H10O4.Sn.4H/c1-2-3-4-10-6(9)5(7)8;;;;;/h2-4H2,1H3,(H,7,8);;;;;. The van der Waals surface area contributed by atoms with Crippen molar-refractivity contribution in [2.75, 3.05) is 6.61 Å². The molecule has 66 valence electrons. The Morgan fingerprint density at radius 3 is 2.36 bits per heavy atom. The van der Waals surface area contributed by atoms with Gasteiger partial charge in [0.2, 0.25) is 0 Å². The Bertz CT molecular complexity index is 135. The third-order valence-corrected chi connectivity index (χ3v) is 0.906. The van der Waals surface area contributed by atoms with Gasteiger partial charge in [0, 0.05) is 0 Å². The summed E-state index contributed by atoms with van der Waals surface area (Å²) in [5, 5.41) is 8.01. The Hall–Kier alpha value is -0.261. The molecule has 4 nitrogen and oxygen atoms in total. The van der Waals surface area contributed by atoms with E-state index in [0.717, 1.165) is 6.42 Å². The van der Waals surface area contributed by atoms with Gasteiger partial charge in [0.05, 0.1) is 6.61 Å². The molecule has 1 N–H and O–H groups in total. The summed E-state index contributed by atoms with van der Waals surface area (Å²) >= 11 is 0. The van der Waals surface area contributed by atoms with Crippen LogP contribution in [0.5, 0.6) is 0 Å². The number of carboxylic acid groups (broad SMARTS) is 1. The van der Waals surface area contributed by atoms with Gasteiger partial charge in [-0.25, -0.2) is 9.59 Å². The fraction of sp³-hybridized carbons (Fsp3) is 0.667. The molecule has 11 heavy (non-hydrogen) atoms. The van der Waals surface area contributed by atoms with E-state index in [1.54, 1.807) is 0 Å². The molecule has 0 spiro atoms. The summed E-state index contributed by atoms with van der Waals surface area (Å²) in [6.07, 6.45) is 1.59. The zero-order chi connectivity index (χ0) is 7.98. The third kappa shape index (κ3) is 7.64. The second kappa shape index (κ2) is 7.84. The van der Waals surface area contributed by atoms with Crippen molar-refractivity contribution in [2.24, 2.45) is 0 Å². The second-order valence-corrected chi connectivity index (χ2v) is 1.79. The summed E-state index contributed by atoms with van der Waals surface area (Å²) in [4.78, 5) is 20.0. The molecule has 0 rings (SSSR count). The van der Waals surface area contributed by atoms with Crippen molar-refractivity contribution in [1.82, 2.24) is 0 Å². The Morgan fingerprint density at radius 2 is 2.00 bits per heavy atom. The Kier molecular flexibility index (Phi) is 9.51. The van der Waals surface area contributed by atoms with Crippen LogP contribution in [-0.4, -0.2) is 47.6 Å². The first kappa shape index (κ1) is 13.3. The van der Waals surface area contributed by atoms with Crippen LogP contribution in [0.3, 0.4) is 0 Å². The fourth-order valence-corrected chi connectivity index (χ4v) is 0.371. The van der Waals surface area contributed by atoms with Gasteiger partial charge in [-0.1, -0.05) is 13.3 Å². The topological polar surface area (TPSA) is 63.6 Å². The van der Waals surface area contributed by atoms with Gasteiger partial charge in [0.25, 0.3) is 0 Å². The zero-order valence-corrected chi connectivity index (χ0v) is 5.79. The van der Waals surface area contributed by atoms with Crippen molar-refractivity contribution in [3.05, 3.63) is 0 Å². The SMILES string of the molecule is CCCCOC(=O)C(=O)O.[SnH4]. The van der Waals surface area contributed by atoms with E-state index in [1.807, 2.05) is 6.92 Å². The molecule has 0 aliphatic heterocycles. The predicted molar refractivity (Wildman–Crippen MR) is 44.8 cm³/mol. The summed E-state index contributed by atoms with van der Waals surface area (Å²) in [6, 6.07) is 0. The minimum absolute atomic E-state index is 0. The first-order valence-corrected chi connectivity index (χ1v) is 3.08. The number of rotatable bonds is 3. The van der Waals surface area contributed by atoms with Crippen LogP contribution in [0.25, 0.3) is 0 Å². The predicted octanol–water partition coefficient (Wildman–Crippen LogP) is -1.04. The molecule has 0 unspecified atom stereocenters. The molecule has 0 aromatic rings. The fourth-order valence-electron chi connectivity index (χ4n) is 0.371. The van der Waals surface area contributed by atoms with Crippen LogP contribution in [0.15, 0.2) is 0 Å². The van der Waals surface area contributed by atoms with E-state index in [4.69, 9.17) is 5.11 Å². The summed E-state index contributed by atoms with van der Waals surface area (Å²) in [6.45, 7) is 2.12. The monoisotopic (exact) mass is 270 g/mol. The van der Waals surface area contributed by atoms with Crippen LogP contribution in [0.1, 0.15) is 19.8 Å². The van der Waals surface area contributed by atoms with Gasteiger partial charge in [-0.3, -0.25) is 0 Å². The first-order chi connectivity index (χ1) is 4.68. The maximum absolute atomic E-state index is 10.2. The Morgan fingerprint density at radius 1 is 1.45 bits per heavy atom. The van der Waals surface area contributed by atoms with E-state index in [9.17, 15) is 9.59 Å². The van der Waals surface area contributed by atoms with Crippen molar-refractivity contribution >= 4 is 35.8 Å². The molecule has 0 bridgehead atoms. The molecule has 0 aliphatic rings. The molecule has 0 saturated heterocycles. The van der Waals surface area contributed by atoms with E-state index in [1.165, 1.54) is 0 Å². The number of aliphatic carboxylic acids is 1. The van der Waals surface area contributed by atoms with Gasteiger partial charge in [-0.2, -0.15) is 0 Å².